The number of aromatic nitrogens is 8. The number of fused-ring (bicyclic) bond motifs is 3. The van der Waals surface area contributed by atoms with Crippen molar-refractivity contribution < 1.29 is 51.2 Å². The molecule has 3 aliphatic rings. The Morgan fingerprint density at radius 1 is 1.02 bits per heavy atom. The number of halogens is 1. The Kier molecular flexibility index (Phi) is 6.95. The average Bonchev–Trinajstić information content (AvgIpc) is 3.72. The summed E-state index contributed by atoms with van der Waals surface area (Å²) in [5.41, 5.74) is 10.8. The molecule has 4 aromatic heterocycles. The van der Waals surface area contributed by atoms with Gasteiger partial charge < -0.3 is 35.3 Å². The summed E-state index contributed by atoms with van der Waals surface area (Å²) in [4.78, 5) is 55.5. The summed E-state index contributed by atoms with van der Waals surface area (Å²) in [6.07, 6.45) is -3.57. The summed E-state index contributed by atoms with van der Waals surface area (Å²) in [6.45, 7) is -1.65. The Bertz CT molecular complexity index is 2020. The molecule has 1 fully saturated rings. The fourth-order valence-electron chi connectivity index (χ4n) is 5.53. The minimum absolute atomic E-state index is 0.0327. The molecule has 24 heteroatoms. The van der Waals surface area contributed by atoms with E-state index in [0.717, 1.165) is 10.9 Å². The van der Waals surface area contributed by atoms with Crippen molar-refractivity contribution in [1.29, 1.82) is 0 Å². The number of phosphoric ester groups is 2. The van der Waals surface area contributed by atoms with Gasteiger partial charge in [-0.3, -0.25) is 32.8 Å². The summed E-state index contributed by atoms with van der Waals surface area (Å²) in [5.74, 6) is -2.74. The number of imidazole rings is 2. The van der Waals surface area contributed by atoms with Crippen molar-refractivity contribution >= 4 is 49.7 Å². The first kappa shape index (κ1) is 29.7. The van der Waals surface area contributed by atoms with E-state index in [1.165, 1.54) is 17.2 Å². The van der Waals surface area contributed by atoms with E-state index in [9.17, 15) is 28.8 Å². The second-order valence-corrected chi connectivity index (χ2v) is 13.1. The second-order valence-electron chi connectivity index (χ2n) is 10.3. The van der Waals surface area contributed by atoms with Crippen LogP contribution in [0.3, 0.4) is 0 Å². The molecule has 8 N–H and O–H groups in total. The highest BCUT2D eigenvalue weighted by Gasteiger charge is 2.51. The lowest BCUT2D eigenvalue weighted by Crippen LogP contribution is -2.33. The number of nitrogens with two attached hydrogens (primary N) is 2. The van der Waals surface area contributed by atoms with E-state index in [2.05, 4.69) is 29.9 Å². The molecule has 0 bridgehead atoms. The lowest BCUT2D eigenvalue weighted by Gasteiger charge is -2.26. The van der Waals surface area contributed by atoms with Gasteiger partial charge >= 0.3 is 15.6 Å². The number of hydrogen-bond donors (Lipinski definition) is 6. The predicted octanol–water partition coefficient (Wildman–Crippen LogP) is -0.226. The van der Waals surface area contributed by atoms with Crippen LogP contribution in [0.1, 0.15) is 18.7 Å². The van der Waals surface area contributed by atoms with Crippen LogP contribution in [0.25, 0.3) is 22.3 Å². The number of nitrogens with one attached hydrogen (secondary N) is 1. The fraction of sp³-hybridized carbons (Fsp3) is 0.429. The zero-order valence-electron chi connectivity index (χ0n) is 22.5. The van der Waals surface area contributed by atoms with Gasteiger partial charge in [-0.2, -0.15) is 4.98 Å². The third kappa shape index (κ3) is 5.14. The van der Waals surface area contributed by atoms with Gasteiger partial charge in [0.1, 0.15) is 37.0 Å². The lowest BCUT2D eigenvalue weighted by atomic mass is 10.1. The molecule has 45 heavy (non-hydrogen) atoms. The molecule has 1 aliphatic carbocycles. The average molecular weight is 672 g/mol. The molecule has 21 nitrogen and oxygen atoms in total. The summed E-state index contributed by atoms with van der Waals surface area (Å²) >= 11 is 0. The van der Waals surface area contributed by atoms with Crippen LogP contribution in [0.2, 0.25) is 0 Å². The highest BCUT2D eigenvalue weighted by atomic mass is 31.2. The Morgan fingerprint density at radius 2 is 1.78 bits per heavy atom. The van der Waals surface area contributed by atoms with Crippen molar-refractivity contribution in [1.82, 2.24) is 39.0 Å². The minimum atomic E-state index is -5.11. The van der Waals surface area contributed by atoms with E-state index >= 15 is 4.39 Å². The molecule has 4 aromatic rings. The van der Waals surface area contributed by atoms with Crippen LogP contribution in [0.4, 0.5) is 16.2 Å². The van der Waals surface area contributed by atoms with E-state index in [1.54, 1.807) is 0 Å². The van der Waals surface area contributed by atoms with Crippen molar-refractivity contribution in [3.05, 3.63) is 40.9 Å². The van der Waals surface area contributed by atoms with Crippen LogP contribution in [0, 0.1) is 5.92 Å². The summed E-state index contributed by atoms with van der Waals surface area (Å²) in [7, 11) is -10.2. The molecule has 0 aromatic carbocycles. The molecule has 1 saturated carbocycles. The second kappa shape index (κ2) is 10.5. The van der Waals surface area contributed by atoms with Gasteiger partial charge in [0.05, 0.1) is 19.0 Å². The maximum Gasteiger partial charge on any atom is 0.527 e. The quantitative estimate of drug-likeness (QED) is 0.150. The number of nitrogens with zero attached hydrogens (tertiary/aromatic N) is 7. The van der Waals surface area contributed by atoms with E-state index in [1.807, 2.05) is 0 Å². The maximum atomic E-state index is 15.8. The first-order valence-electron chi connectivity index (χ1n) is 13.0. The molecule has 0 radical (unpaired) electrons. The summed E-state index contributed by atoms with van der Waals surface area (Å²) in [5, 5.41) is 11.2. The molecule has 0 spiro atoms. The van der Waals surface area contributed by atoms with Crippen LogP contribution in [0.15, 0.2) is 35.3 Å². The molecule has 8 atom stereocenters. The van der Waals surface area contributed by atoms with E-state index in [4.69, 9.17) is 34.3 Å². The van der Waals surface area contributed by atoms with Crippen LogP contribution < -0.4 is 17.0 Å². The number of alkyl halides is 1. The van der Waals surface area contributed by atoms with Crippen molar-refractivity contribution in [2.45, 2.75) is 37.1 Å². The first-order chi connectivity index (χ1) is 21.3. The van der Waals surface area contributed by atoms with E-state index < -0.39 is 82.5 Å². The Balaban J connectivity index is 1.18. The predicted molar refractivity (Wildman–Crippen MR) is 145 cm³/mol. The lowest BCUT2D eigenvalue weighted by molar-refractivity contribution is -0.0138. The number of aliphatic hydroxyl groups excluding tert-OH is 1. The number of phosphoric acid groups is 2. The van der Waals surface area contributed by atoms with Gasteiger partial charge in [-0.15, -0.1) is 0 Å². The van der Waals surface area contributed by atoms with Crippen molar-refractivity contribution in [2.24, 2.45) is 5.92 Å². The summed E-state index contributed by atoms with van der Waals surface area (Å²) in [6, 6.07) is -0.880. The van der Waals surface area contributed by atoms with Gasteiger partial charge in [0, 0.05) is 5.92 Å². The number of hydrogen-bond acceptors (Lipinski definition) is 16. The normalized spacial score (nSPS) is 34.1. The number of anilines is 2. The Labute approximate surface area is 248 Å². The smallest absolute Gasteiger partial charge is 0.465 e. The Morgan fingerprint density at radius 3 is 2.58 bits per heavy atom. The number of ether oxygens (including phenoxy) is 1. The number of rotatable bonds is 2. The number of H-pyrrole nitrogens is 1. The standard InChI is InChI=1S/C21H23FN10O11P2/c22-10-15-9(41-20(10)32-6-28-12-18(32)29-21(24)30-19(12)34)3-40-45(37,38)42-14-7(2-39-44(35,36)43-15)1-8(13(14)33)31-5-27-11-16(23)25-4-26-17(11)31/h4-8,10,13-14,20,33H,1-3H2,(H,35,36)(H,37,38)(H2,23,25,26)(H3,24,29,30,34)/t7-,8-,10?,13?,14?,20-/m1/s1. The summed E-state index contributed by atoms with van der Waals surface area (Å²) < 4.78 is 70.6. The fourth-order valence-corrected chi connectivity index (χ4v) is 7.36. The van der Waals surface area contributed by atoms with E-state index in [0.29, 0.717) is 0 Å². The third-order valence-corrected chi connectivity index (χ3v) is 9.39. The minimum Gasteiger partial charge on any atom is -0.465 e. The van der Waals surface area contributed by atoms with Crippen molar-refractivity contribution in [3.63, 3.8) is 0 Å². The highest BCUT2D eigenvalue weighted by Crippen LogP contribution is 2.56. The molecule has 0 amide bonds. The number of aromatic amines is 1. The van der Waals surface area contributed by atoms with Gasteiger partial charge in [-0.1, -0.05) is 0 Å². The van der Waals surface area contributed by atoms with E-state index in [-0.39, 0.29) is 40.5 Å². The SMILES string of the molecule is Nc1nc2c(ncn2[C@@H]2OC3=C(OP(=O)(O)OC[C@H]4C[C@@H](n5cnc6c(N)ncnc65)C(O)C4OP(=O)(O)OC3)C2F)c(=O)[nH]1. The van der Waals surface area contributed by atoms with Gasteiger partial charge in [-0.25, -0.2) is 33.5 Å². The van der Waals surface area contributed by atoms with Gasteiger partial charge in [0.2, 0.25) is 18.3 Å². The number of aliphatic hydroxyl groups is 1. The number of nitrogen functional groups attached to an aromatic ring is 2. The zero-order chi connectivity index (χ0) is 31.8. The molecule has 0 saturated heterocycles. The molecular weight excluding hydrogens is 649 g/mol. The van der Waals surface area contributed by atoms with Crippen LogP contribution in [-0.2, 0) is 32.0 Å². The molecule has 240 valence electrons. The Hall–Kier alpha value is -4.01. The molecule has 7 rings (SSSR count). The van der Waals surface area contributed by atoms with Gasteiger partial charge in [0.15, 0.2) is 34.1 Å². The molecule has 6 heterocycles. The van der Waals surface area contributed by atoms with Crippen molar-refractivity contribution in [3.8, 4) is 0 Å². The highest BCUT2D eigenvalue weighted by molar-refractivity contribution is 7.47. The largest absolute Gasteiger partial charge is 0.527 e. The van der Waals surface area contributed by atoms with Crippen LogP contribution in [0.5, 0.6) is 0 Å². The van der Waals surface area contributed by atoms with Crippen molar-refractivity contribution in [2.75, 3.05) is 24.7 Å². The maximum absolute atomic E-state index is 15.8. The molecular formula is C21H23FN10O11P2. The molecule has 2 aliphatic heterocycles. The van der Waals surface area contributed by atoms with Gasteiger partial charge in [0.25, 0.3) is 5.56 Å². The monoisotopic (exact) mass is 672 g/mol. The first-order valence-corrected chi connectivity index (χ1v) is 16.0. The van der Waals surface area contributed by atoms with Gasteiger partial charge in [-0.05, 0) is 6.42 Å². The van der Waals surface area contributed by atoms with Crippen LogP contribution in [-0.4, -0.2) is 85.5 Å². The topological polar surface area (TPSA) is 300 Å². The zero-order valence-corrected chi connectivity index (χ0v) is 24.3. The molecule has 5 unspecified atom stereocenters. The third-order valence-electron chi connectivity index (χ3n) is 7.53. The van der Waals surface area contributed by atoms with Crippen LogP contribution >= 0.6 is 15.6 Å².